The fourth-order valence-corrected chi connectivity index (χ4v) is 2.81. The first-order chi connectivity index (χ1) is 12.4. The molecule has 138 valence electrons. The summed E-state index contributed by atoms with van der Waals surface area (Å²) in [6.07, 6.45) is 4.56. The van der Waals surface area contributed by atoms with Crippen LogP contribution >= 0.6 is 0 Å². The molecule has 2 heterocycles. The third kappa shape index (κ3) is 3.63. The van der Waals surface area contributed by atoms with Gasteiger partial charge in [0, 0.05) is 6.07 Å². The van der Waals surface area contributed by atoms with E-state index in [0.717, 1.165) is 18.4 Å². The number of pyridine rings is 1. The maximum absolute atomic E-state index is 12.9. The number of nitrogens with two attached hydrogens (primary N) is 1. The first kappa shape index (κ1) is 16.8. The second-order valence-electron chi connectivity index (χ2n) is 7.65. The number of nitrogens with zero attached hydrogens (tertiary/aromatic N) is 3. The second-order valence-corrected chi connectivity index (χ2v) is 7.65. The van der Waals surface area contributed by atoms with Gasteiger partial charge >= 0.3 is 6.01 Å². The molecule has 2 saturated carbocycles. The lowest BCUT2D eigenvalue weighted by Gasteiger charge is -2.23. The molecule has 0 aliphatic heterocycles. The van der Waals surface area contributed by atoms with Gasteiger partial charge in [-0.15, -0.1) is 0 Å². The van der Waals surface area contributed by atoms with Crippen molar-refractivity contribution >= 4 is 11.9 Å². The van der Waals surface area contributed by atoms with Crippen molar-refractivity contribution in [2.75, 3.05) is 12.3 Å². The van der Waals surface area contributed by atoms with E-state index in [9.17, 15) is 4.79 Å². The van der Waals surface area contributed by atoms with E-state index in [0.29, 0.717) is 35.8 Å². The normalized spacial score (nSPS) is 17.2. The summed E-state index contributed by atoms with van der Waals surface area (Å²) in [6.45, 7) is 4.24. The van der Waals surface area contributed by atoms with Gasteiger partial charge in [-0.2, -0.15) is 4.98 Å². The second kappa shape index (κ2) is 6.26. The molecule has 0 spiro atoms. The summed E-state index contributed by atoms with van der Waals surface area (Å²) in [6, 6.07) is 3.79. The average molecular weight is 357 g/mol. The van der Waals surface area contributed by atoms with E-state index >= 15 is 0 Å². The largest absolute Gasteiger partial charge is 0.477 e. The van der Waals surface area contributed by atoms with Crippen LogP contribution in [-0.4, -0.2) is 27.6 Å². The maximum Gasteiger partial charge on any atom is 0.318 e. The Hall–Kier alpha value is -2.64. The zero-order valence-corrected chi connectivity index (χ0v) is 15.0. The highest BCUT2D eigenvalue weighted by Crippen LogP contribution is 2.42. The molecule has 2 aliphatic rings. The number of amides is 1. The molecule has 1 amide bonds. The Kier molecular flexibility index (Phi) is 4.05. The van der Waals surface area contributed by atoms with Crippen molar-refractivity contribution in [3.05, 3.63) is 29.2 Å². The predicted molar refractivity (Wildman–Crippen MR) is 93.6 cm³/mol. The van der Waals surface area contributed by atoms with E-state index < -0.39 is 5.54 Å². The van der Waals surface area contributed by atoms with Gasteiger partial charge in [0.15, 0.2) is 5.82 Å². The summed E-state index contributed by atoms with van der Waals surface area (Å²) in [4.78, 5) is 21.5. The van der Waals surface area contributed by atoms with Crippen molar-refractivity contribution in [2.24, 2.45) is 5.92 Å². The number of ether oxygens (including phenoxy) is 1. The average Bonchev–Trinajstić information content (AvgIpc) is 3.51. The highest BCUT2D eigenvalue weighted by Gasteiger charge is 2.34. The summed E-state index contributed by atoms with van der Waals surface area (Å²) >= 11 is 0. The molecule has 26 heavy (non-hydrogen) atoms. The molecule has 0 bridgehead atoms. The summed E-state index contributed by atoms with van der Waals surface area (Å²) < 4.78 is 10.6. The minimum absolute atomic E-state index is 0.0328. The van der Waals surface area contributed by atoms with Crippen LogP contribution in [0.5, 0.6) is 5.88 Å². The number of hydrogen-bond donors (Lipinski definition) is 2. The van der Waals surface area contributed by atoms with Crippen LogP contribution in [0.3, 0.4) is 0 Å². The standard InChI is InChI=1S/C18H23N5O3/c1-18(2,16-21-17(19)26-23-16)22-15(24)14-12(11-5-6-11)7-8-13(20-14)25-9-10-3-4-10/h7-8,10-11H,3-6,9H2,1-2H3,(H,22,24)(H2,19,21,23). The van der Waals surface area contributed by atoms with E-state index in [-0.39, 0.29) is 11.9 Å². The topological polar surface area (TPSA) is 116 Å². The smallest absolute Gasteiger partial charge is 0.318 e. The highest BCUT2D eigenvalue weighted by atomic mass is 16.5. The van der Waals surface area contributed by atoms with Gasteiger partial charge in [-0.1, -0.05) is 11.2 Å². The fourth-order valence-electron chi connectivity index (χ4n) is 2.81. The van der Waals surface area contributed by atoms with E-state index in [2.05, 4.69) is 20.4 Å². The minimum atomic E-state index is -0.842. The van der Waals surface area contributed by atoms with E-state index in [1.807, 2.05) is 12.1 Å². The molecule has 2 aromatic rings. The first-order valence-corrected chi connectivity index (χ1v) is 8.98. The van der Waals surface area contributed by atoms with Gasteiger partial charge in [0.05, 0.1) is 12.1 Å². The van der Waals surface area contributed by atoms with Crippen LogP contribution in [0.1, 0.15) is 67.3 Å². The van der Waals surface area contributed by atoms with Crippen molar-refractivity contribution in [1.29, 1.82) is 0 Å². The lowest BCUT2D eigenvalue weighted by Crippen LogP contribution is -2.42. The number of nitrogen functional groups attached to an aromatic ring is 1. The molecule has 0 radical (unpaired) electrons. The van der Waals surface area contributed by atoms with Crippen LogP contribution in [0.25, 0.3) is 0 Å². The molecule has 0 aromatic carbocycles. The molecule has 2 fully saturated rings. The van der Waals surface area contributed by atoms with Crippen LogP contribution in [0.4, 0.5) is 6.01 Å². The van der Waals surface area contributed by atoms with Crippen LogP contribution in [-0.2, 0) is 5.54 Å². The molecule has 0 atom stereocenters. The van der Waals surface area contributed by atoms with E-state index in [1.54, 1.807) is 13.8 Å². The summed E-state index contributed by atoms with van der Waals surface area (Å²) in [5.41, 5.74) is 6.02. The monoisotopic (exact) mass is 357 g/mol. The van der Waals surface area contributed by atoms with Gasteiger partial charge in [-0.05, 0) is 56.9 Å². The Balaban J connectivity index is 1.55. The van der Waals surface area contributed by atoms with Gasteiger partial charge in [-0.3, -0.25) is 4.79 Å². The lowest BCUT2D eigenvalue weighted by molar-refractivity contribution is 0.0899. The molecule has 8 heteroatoms. The van der Waals surface area contributed by atoms with Crippen molar-refractivity contribution in [2.45, 2.75) is 51.0 Å². The number of hydrogen-bond acceptors (Lipinski definition) is 7. The van der Waals surface area contributed by atoms with Gasteiger partial charge in [0.2, 0.25) is 5.88 Å². The van der Waals surface area contributed by atoms with E-state index in [4.69, 9.17) is 15.0 Å². The first-order valence-electron chi connectivity index (χ1n) is 8.98. The Bertz CT molecular complexity index is 824. The number of aromatic nitrogens is 3. The third-order valence-electron chi connectivity index (χ3n) is 4.72. The molecule has 4 rings (SSSR count). The Morgan fingerprint density at radius 3 is 2.69 bits per heavy atom. The molecule has 2 aliphatic carbocycles. The Morgan fingerprint density at radius 1 is 1.31 bits per heavy atom. The Labute approximate surface area is 151 Å². The van der Waals surface area contributed by atoms with Crippen LogP contribution < -0.4 is 15.8 Å². The number of carbonyl (C=O) groups is 1. The molecule has 2 aromatic heterocycles. The quantitative estimate of drug-likeness (QED) is 0.781. The maximum atomic E-state index is 12.9. The SMILES string of the molecule is CC(C)(NC(=O)c1nc(OCC2CC2)ccc1C1CC1)c1noc(N)n1. The zero-order chi connectivity index (χ0) is 18.3. The summed E-state index contributed by atoms with van der Waals surface area (Å²) in [5.74, 6) is 1.55. The van der Waals surface area contributed by atoms with Crippen LogP contribution in [0, 0.1) is 5.92 Å². The van der Waals surface area contributed by atoms with Crippen LogP contribution in [0.15, 0.2) is 16.7 Å². The zero-order valence-electron chi connectivity index (χ0n) is 15.0. The van der Waals surface area contributed by atoms with Crippen LogP contribution in [0.2, 0.25) is 0 Å². The number of carbonyl (C=O) groups excluding carboxylic acids is 1. The van der Waals surface area contributed by atoms with Crippen molar-refractivity contribution in [1.82, 2.24) is 20.4 Å². The molecule has 3 N–H and O–H groups in total. The van der Waals surface area contributed by atoms with E-state index in [1.165, 1.54) is 12.8 Å². The van der Waals surface area contributed by atoms with Gasteiger partial charge in [0.1, 0.15) is 5.69 Å². The third-order valence-corrected chi connectivity index (χ3v) is 4.72. The molecular formula is C18H23N5O3. The summed E-state index contributed by atoms with van der Waals surface area (Å²) in [5, 5.41) is 6.74. The van der Waals surface area contributed by atoms with Gasteiger partial charge < -0.3 is 20.3 Å². The molecular weight excluding hydrogens is 334 g/mol. The lowest BCUT2D eigenvalue weighted by atomic mass is 10.0. The number of anilines is 1. The van der Waals surface area contributed by atoms with Crippen molar-refractivity contribution in [3.8, 4) is 5.88 Å². The van der Waals surface area contributed by atoms with Gasteiger partial charge in [-0.25, -0.2) is 4.98 Å². The molecule has 0 unspecified atom stereocenters. The molecule has 8 nitrogen and oxygen atoms in total. The minimum Gasteiger partial charge on any atom is -0.477 e. The molecule has 0 saturated heterocycles. The fraction of sp³-hybridized carbons (Fsp3) is 0.556. The highest BCUT2D eigenvalue weighted by molar-refractivity contribution is 5.94. The van der Waals surface area contributed by atoms with Crippen molar-refractivity contribution in [3.63, 3.8) is 0 Å². The Morgan fingerprint density at radius 2 is 2.08 bits per heavy atom. The predicted octanol–water partition coefficient (Wildman–Crippen LogP) is 2.38. The van der Waals surface area contributed by atoms with Gasteiger partial charge in [0.25, 0.3) is 5.91 Å². The number of rotatable bonds is 7. The van der Waals surface area contributed by atoms with Crippen molar-refractivity contribution < 1.29 is 14.1 Å². The summed E-state index contributed by atoms with van der Waals surface area (Å²) in [7, 11) is 0. The number of nitrogens with one attached hydrogen (secondary N) is 1.